The summed E-state index contributed by atoms with van der Waals surface area (Å²) >= 11 is 0. The third-order valence-electron chi connectivity index (χ3n) is 2.58. The Hall–Kier alpha value is -2.35. The smallest absolute Gasteiger partial charge is 0.319 e. The molecule has 1 aliphatic rings. The molecule has 0 radical (unpaired) electrons. The summed E-state index contributed by atoms with van der Waals surface area (Å²) in [4.78, 5) is 22.1. The van der Waals surface area contributed by atoms with E-state index in [1.165, 1.54) is 6.07 Å². The van der Waals surface area contributed by atoms with E-state index in [1.807, 2.05) is 0 Å². The highest BCUT2D eigenvalue weighted by Gasteiger charge is 2.18. The third kappa shape index (κ3) is 3.58. The topological polar surface area (TPSA) is 103 Å². The van der Waals surface area contributed by atoms with Crippen LogP contribution in [0.1, 0.15) is 12.0 Å². The molecular weight excluding hydrogens is 269 g/mol. The molecule has 0 aliphatic carbocycles. The van der Waals surface area contributed by atoms with Gasteiger partial charge in [0, 0.05) is 24.6 Å². The molecule has 0 spiro atoms. The third-order valence-corrected chi connectivity index (χ3v) is 2.58. The summed E-state index contributed by atoms with van der Waals surface area (Å²) in [5.74, 6) is -0.651. The van der Waals surface area contributed by atoms with Crippen LogP contribution in [0, 0.1) is 5.82 Å². The fourth-order valence-electron chi connectivity index (χ4n) is 1.74. The number of hydrogen-bond donors (Lipinski definition) is 3. The second-order valence-corrected chi connectivity index (χ2v) is 4.15. The van der Waals surface area contributed by atoms with Crippen molar-refractivity contribution in [3.05, 3.63) is 23.5 Å². The Morgan fingerprint density at radius 1 is 1.40 bits per heavy atom. The van der Waals surface area contributed by atoms with E-state index in [2.05, 4.69) is 10.6 Å². The van der Waals surface area contributed by atoms with Gasteiger partial charge in [-0.2, -0.15) is 0 Å². The van der Waals surface area contributed by atoms with Gasteiger partial charge in [-0.1, -0.05) is 0 Å². The largest absolute Gasteiger partial charge is 0.465 e. The molecule has 0 saturated carbocycles. The van der Waals surface area contributed by atoms with Crippen LogP contribution >= 0.6 is 0 Å². The lowest BCUT2D eigenvalue weighted by Gasteiger charge is -2.21. The first-order valence-electron chi connectivity index (χ1n) is 5.92. The van der Waals surface area contributed by atoms with Crippen molar-refractivity contribution in [2.45, 2.75) is 13.0 Å². The number of halogens is 1. The van der Waals surface area contributed by atoms with Crippen molar-refractivity contribution in [2.24, 2.45) is 5.73 Å². The minimum Gasteiger partial charge on any atom is -0.465 e. The Balaban J connectivity index is 2.03. The maximum atomic E-state index is 13.4. The number of fused-ring (bicyclic) bond motifs is 1. The summed E-state index contributed by atoms with van der Waals surface area (Å²) in [5.41, 5.74) is 5.67. The van der Waals surface area contributed by atoms with Gasteiger partial charge in [-0.25, -0.2) is 9.18 Å². The van der Waals surface area contributed by atoms with E-state index in [4.69, 9.17) is 15.2 Å². The van der Waals surface area contributed by atoms with E-state index in [-0.39, 0.29) is 32.1 Å². The second-order valence-electron chi connectivity index (χ2n) is 4.15. The van der Waals surface area contributed by atoms with Crippen molar-refractivity contribution in [3.63, 3.8) is 0 Å². The average Bonchev–Trinajstić information content (AvgIpc) is 2.38. The summed E-state index contributed by atoms with van der Waals surface area (Å²) in [7, 11) is 0. The van der Waals surface area contributed by atoms with Crippen molar-refractivity contribution in [2.75, 3.05) is 18.7 Å². The number of carbonyl (C=O) groups is 2. The number of hydrogen-bond acceptors (Lipinski definition) is 4. The molecule has 0 fully saturated rings. The number of urea groups is 1. The lowest BCUT2D eigenvalue weighted by atomic mass is 10.1. The zero-order valence-electron chi connectivity index (χ0n) is 10.6. The molecule has 3 amide bonds. The Bertz CT molecular complexity index is 536. The van der Waals surface area contributed by atoms with E-state index in [9.17, 15) is 14.0 Å². The zero-order valence-corrected chi connectivity index (χ0v) is 10.6. The van der Waals surface area contributed by atoms with Gasteiger partial charge in [0.25, 0.3) is 0 Å². The quantitative estimate of drug-likeness (QED) is 0.756. The predicted molar refractivity (Wildman–Crippen MR) is 67.5 cm³/mol. The van der Waals surface area contributed by atoms with Crippen LogP contribution in [-0.4, -0.2) is 25.3 Å². The second kappa shape index (κ2) is 6.20. The normalized spacial score (nSPS) is 13.1. The molecule has 0 bridgehead atoms. The van der Waals surface area contributed by atoms with Gasteiger partial charge in [-0.05, 0) is 6.07 Å². The standard InChI is InChI=1S/C12H14FN3O4/c13-8-3-7-5-19-6-20-11(7)9(4-8)16-12(18)15-2-1-10(14)17/h3-4H,1-2,5-6H2,(H2,14,17)(H2,15,16,18). The fraction of sp³-hybridized carbons (Fsp3) is 0.333. The number of amides is 3. The molecule has 4 N–H and O–H groups in total. The van der Waals surface area contributed by atoms with E-state index < -0.39 is 17.8 Å². The number of primary amides is 1. The number of ether oxygens (including phenoxy) is 2. The monoisotopic (exact) mass is 283 g/mol. The summed E-state index contributed by atoms with van der Waals surface area (Å²) in [6.45, 7) is 0.352. The van der Waals surface area contributed by atoms with Gasteiger partial charge in [0.2, 0.25) is 5.91 Å². The maximum absolute atomic E-state index is 13.4. The highest BCUT2D eigenvalue weighted by molar-refractivity contribution is 5.91. The lowest BCUT2D eigenvalue weighted by molar-refractivity contribution is -0.117. The van der Waals surface area contributed by atoms with Crippen LogP contribution in [0.2, 0.25) is 0 Å². The van der Waals surface area contributed by atoms with Crippen LogP contribution in [0.25, 0.3) is 0 Å². The molecule has 2 rings (SSSR count). The molecule has 8 heteroatoms. The summed E-state index contributed by atoms with van der Waals surface area (Å²) < 4.78 is 23.7. The molecular formula is C12H14FN3O4. The van der Waals surface area contributed by atoms with Crippen LogP contribution in [0.3, 0.4) is 0 Å². The summed E-state index contributed by atoms with van der Waals surface area (Å²) in [5, 5.41) is 4.89. The number of anilines is 1. The average molecular weight is 283 g/mol. The first kappa shape index (κ1) is 14.1. The molecule has 0 saturated heterocycles. The van der Waals surface area contributed by atoms with Crippen molar-refractivity contribution in [1.82, 2.24) is 5.32 Å². The van der Waals surface area contributed by atoms with E-state index >= 15 is 0 Å². The molecule has 0 unspecified atom stereocenters. The van der Waals surface area contributed by atoms with Gasteiger partial charge in [-0.3, -0.25) is 4.79 Å². The SMILES string of the molecule is NC(=O)CCNC(=O)Nc1cc(F)cc2c1OCOC2. The zero-order chi connectivity index (χ0) is 14.5. The minimum atomic E-state index is -0.575. The molecule has 108 valence electrons. The lowest BCUT2D eigenvalue weighted by Crippen LogP contribution is -2.32. The maximum Gasteiger partial charge on any atom is 0.319 e. The molecule has 20 heavy (non-hydrogen) atoms. The first-order valence-corrected chi connectivity index (χ1v) is 5.92. The number of carbonyl (C=O) groups excluding carboxylic acids is 2. The van der Waals surface area contributed by atoms with Crippen LogP contribution in [-0.2, 0) is 16.1 Å². The Morgan fingerprint density at radius 3 is 2.95 bits per heavy atom. The minimum absolute atomic E-state index is 0.0268. The van der Waals surface area contributed by atoms with E-state index in [1.54, 1.807) is 0 Å². The fourth-order valence-corrected chi connectivity index (χ4v) is 1.74. The van der Waals surface area contributed by atoms with Crippen LogP contribution in [0.15, 0.2) is 12.1 Å². The van der Waals surface area contributed by atoms with Gasteiger partial charge >= 0.3 is 6.03 Å². The van der Waals surface area contributed by atoms with Crippen molar-refractivity contribution < 1.29 is 23.5 Å². The van der Waals surface area contributed by atoms with Gasteiger partial charge in [0.1, 0.15) is 5.82 Å². The van der Waals surface area contributed by atoms with Crippen molar-refractivity contribution in [1.29, 1.82) is 0 Å². The number of nitrogens with one attached hydrogen (secondary N) is 2. The van der Waals surface area contributed by atoms with Crippen LogP contribution in [0.4, 0.5) is 14.9 Å². The number of nitrogens with two attached hydrogens (primary N) is 1. The first-order chi connectivity index (χ1) is 9.56. The predicted octanol–water partition coefficient (Wildman–Crippen LogP) is 0.689. The van der Waals surface area contributed by atoms with Gasteiger partial charge in [0.15, 0.2) is 12.5 Å². The summed E-state index contributed by atoms with van der Waals surface area (Å²) in [6.07, 6.45) is 0.0268. The molecule has 7 nitrogen and oxygen atoms in total. The number of benzene rings is 1. The summed E-state index contributed by atoms with van der Waals surface area (Å²) in [6, 6.07) is 1.86. The molecule has 0 atom stereocenters. The Morgan fingerprint density at radius 2 is 2.20 bits per heavy atom. The van der Waals surface area contributed by atoms with Crippen molar-refractivity contribution >= 4 is 17.6 Å². The number of rotatable bonds is 4. The Kier molecular flexibility index (Phi) is 4.36. The highest BCUT2D eigenvalue weighted by Crippen LogP contribution is 2.33. The van der Waals surface area contributed by atoms with E-state index in [0.717, 1.165) is 6.07 Å². The highest BCUT2D eigenvalue weighted by atomic mass is 19.1. The van der Waals surface area contributed by atoms with Gasteiger partial charge < -0.3 is 25.8 Å². The molecule has 1 aromatic rings. The van der Waals surface area contributed by atoms with E-state index in [0.29, 0.717) is 11.3 Å². The van der Waals surface area contributed by atoms with Gasteiger partial charge in [0.05, 0.1) is 12.3 Å². The van der Waals surface area contributed by atoms with Crippen LogP contribution < -0.4 is 21.1 Å². The molecule has 0 aromatic heterocycles. The Labute approximate surface area is 114 Å². The molecule has 1 aromatic carbocycles. The van der Waals surface area contributed by atoms with Crippen LogP contribution in [0.5, 0.6) is 5.75 Å². The molecule has 1 aliphatic heterocycles. The molecule has 1 heterocycles. The van der Waals surface area contributed by atoms with Crippen molar-refractivity contribution in [3.8, 4) is 5.75 Å². The van der Waals surface area contributed by atoms with Gasteiger partial charge in [-0.15, -0.1) is 0 Å².